The van der Waals surface area contributed by atoms with Crippen LogP contribution in [-0.2, 0) is 5.88 Å². The number of nitrogens with zero attached hydrogens (tertiary/aromatic N) is 3. The van der Waals surface area contributed by atoms with Crippen LogP contribution in [0.2, 0.25) is 0 Å². The van der Waals surface area contributed by atoms with Gasteiger partial charge in [-0.15, -0.1) is 16.7 Å². The highest BCUT2D eigenvalue weighted by molar-refractivity contribution is 6.16. The zero-order valence-corrected chi connectivity index (χ0v) is 8.57. The van der Waals surface area contributed by atoms with Gasteiger partial charge in [0.15, 0.2) is 0 Å². The maximum Gasteiger partial charge on any atom is 0.101 e. The van der Waals surface area contributed by atoms with Crippen molar-refractivity contribution in [3.05, 3.63) is 41.7 Å². The lowest BCUT2D eigenvalue weighted by Gasteiger charge is -2.01. The normalized spacial score (nSPS) is 10.4. The first-order valence-electron chi connectivity index (χ1n) is 4.35. The number of alkyl halides is 1. The van der Waals surface area contributed by atoms with Crippen molar-refractivity contribution in [1.29, 1.82) is 0 Å². The van der Waals surface area contributed by atoms with Crippen LogP contribution in [0.4, 0.5) is 0 Å². The summed E-state index contributed by atoms with van der Waals surface area (Å²) in [6, 6.07) is 9.88. The van der Waals surface area contributed by atoms with Gasteiger partial charge in [-0.05, 0) is 19.1 Å². The van der Waals surface area contributed by atoms with Crippen LogP contribution in [0.3, 0.4) is 0 Å². The van der Waals surface area contributed by atoms with Gasteiger partial charge >= 0.3 is 0 Å². The summed E-state index contributed by atoms with van der Waals surface area (Å²) in [7, 11) is 0. The zero-order valence-electron chi connectivity index (χ0n) is 7.81. The molecule has 0 aliphatic heterocycles. The van der Waals surface area contributed by atoms with E-state index in [0.29, 0.717) is 5.88 Å². The number of para-hydroxylation sites is 1. The van der Waals surface area contributed by atoms with Crippen LogP contribution in [0.5, 0.6) is 0 Å². The Bertz CT molecular complexity index is 422. The Morgan fingerprint density at radius 1 is 1.29 bits per heavy atom. The lowest BCUT2D eigenvalue weighted by Crippen LogP contribution is -1.98. The molecule has 2 rings (SSSR count). The van der Waals surface area contributed by atoms with E-state index in [9.17, 15) is 0 Å². The average Bonchev–Trinajstić information content (AvgIpc) is 2.61. The van der Waals surface area contributed by atoms with Gasteiger partial charge in [0, 0.05) is 0 Å². The number of hydrogen-bond acceptors (Lipinski definition) is 2. The zero-order chi connectivity index (χ0) is 9.97. The predicted molar refractivity (Wildman–Crippen MR) is 55.7 cm³/mol. The first-order chi connectivity index (χ1) is 6.83. The first kappa shape index (κ1) is 9.21. The second kappa shape index (κ2) is 3.80. The molecule has 0 aliphatic rings. The Kier molecular flexibility index (Phi) is 2.50. The summed E-state index contributed by atoms with van der Waals surface area (Å²) in [5.74, 6) is 0.401. The van der Waals surface area contributed by atoms with Gasteiger partial charge < -0.3 is 0 Å². The molecule has 0 unspecified atom stereocenters. The van der Waals surface area contributed by atoms with Gasteiger partial charge in [0.25, 0.3) is 0 Å². The number of rotatable bonds is 2. The highest BCUT2D eigenvalue weighted by Gasteiger charge is 2.07. The molecule has 0 saturated carbocycles. The van der Waals surface area contributed by atoms with Crippen LogP contribution >= 0.6 is 11.6 Å². The Morgan fingerprint density at radius 2 is 2.00 bits per heavy atom. The van der Waals surface area contributed by atoms with Crippen LogP contribution in [0.1, 0.15) is 11.4 Å². The fraction of sp³-hybridized carbons (Fsp3) is 0.200. The Hall–Kier alpha value is -1.35. The molecule has 0 amide bonds. The minimum atomic E-state index is 0.401. The van der Waals surface area contributed by atoms with E-state index in [1.807, 2.05) is 37.3 Å². The summed E-state index contributed by atoms with van der Waals surface area (Å²) < 4.78 is 1.79. The van der Waals surface area contributed by atoms with Crippen molar-refractivity contribution in [2.45, 2.75) is 12.8 Å². The molecule has 0 spiro atoms. The van der Waals surface area contributed by atoms with Gasteiger partial charge in [0.2, 0.25) is 0 Å². The van der Waals surface area contributed by atoms with Crippen molar-refractivity contribution in [2.24, 2.45) is 0 Å². The third-order valence-corrected chi connectivity index (χ3v) is 2.37. The van der Waals surface area contributed by atoms with Gasteiger partial charge in [-0.1, -0.05) is 23.4 Å². The summed E-state index contributed by atoms with van der Waals surface area (Å²) in [5.41, 5.74) is 2.83. The van der Waals surface area contributed by atoms with E-state index in [4.69, 9.17) is 11.6 Å². The fourth-order valence-corrected chi connectivity index (χ4v) is 1.55. The summed E-state index contributed by atoms with van der Waals surface area (Å²) in [6.07, 6.45) is 0. The molecule has 3 nitrogen and oxygen atoms in total. The summed E-state index contributed by atoms with van der Waals surface area (Å²) in [5, 5.41) is 8.03. The molecule has 4 heteroatoms. The second-order valence-electron chi connectivity index (χ2n) is 3.00. The molecule has 0 atom stereocenters. The predicted octanol–water partition coefficient (Wildman–Crippen LogP) is 2.31. The lowest BCUT2D eigenvalue weighted by atomic mass is 10.3. The van der Waals surface area contributed by atoms with E-state index in [1.54, 1.807) is 4.68 Å². The largest absolute Gasteiger partial charge is 0.218 e. The Labute approximate surface area is 87.3 Å². The summed E-state index contributed by atoms with van der Waals surface area (Å²) in [4.78, 5) is 0. The van der Waals surface area contributed by atoms with Crippen LogP contribution in [-0.4, -0.2) is 15.0 Å². The van der Waals surface area contributed by atoms with E-state index in [0.717, 1.165) is 17.1 Å². The Balaban J connectivity index is 2.48. The minimum Gasteiger partial charge on any atom is -0.218 e. The molecular formula is C10H10ClN3. The second-order valence-corrected chi connectivity index (χ2v) is 3.27. The molecular weight excluding hydrogens is 198 g/mol. The third kappa shape index (κ3) is 1.51. The topological polar surface area (TPSA) is 30.7 Å². The highest BCUT2D eigenvalue weighted by Crippen LogP contribution is 2.12. The summed E-state index contributed by atoms with van der Waals surface area (Å²) >= 11 is 5.72. The quantitative estimate of drug-likeness (QED) is 0.708. The maximum absolute atomic E-state index is 5.72. The van der Waals surface area contributed by atoms with Gasteiger partial charge in [-0.2, -0.15) is 0 Å². The van der Waals surface area contributed by atoms with Crippen LogP contribution in [0, 0.1) is 6.92 Å². The van der Waals surface area contributed by atoms with Gasteiger partial charge in [-0.3, -0.25) is 0 Å². The van der Waals surface area contributed by atoms with Crippen LogP contribution in [0.25, 0.3) is 5.69 Å². The van der Waals surface area contributed by atoms with E-state index >= 15 is 0 Å². The van der Waals surface area contributed by atoms with Crippen LogP contribution in [0.15, 0.2) is 30.3 Å². The molecule has 0 bridgehead atoms. The standard InChI is InChI=1S/C10H10ClN3/c1-8-10(7-11)12-13-14(8)9-5-3-2-4-6-9/h2-6H,7H2,1H3. The molecule has 72 valence electrons. The first-order valence-corrected chi connectivity index (χ1v) is 4.89. The van der Waals surface area contributed by atoms with Gasteiger partial charge in [0.1, 0.15) is 5.69 Å². The van der Waals surface area contributed by atoms with Crippen molar-refractivity contribution in [3.63, 3.8) is 0 Å². The SMILES string of the molecule is Cc1c(CCl)nnn1-c1ccccc1. The fourth-order valence-electron chi connectivity index (χ4n) is 1.30. The average molecular weight is 208 g/mol. The third-order valence-electron chi connectivity index (χ3n) is 2.12. The number of benzene rings is 1. The van der Waals surface area contributed by atoms with Crippen molar-refractivity contribution in [1.82, 2.24) is 15.0 Å². The molecule has 0 aliphatic carbocycles. The van der Waals surface area contributed by atoms with Crippen molar-refractivity contribution in [3.8, 4) is 5.69 Å². The Morgan fingerprint density at radius 3 is 2.57 bits per heavy atom. The monoisotopic (exact) mass is 207 g/mol. The maximum atomic E-state index is 5.72. The molecule has 2 aromatic rings. The van der Waals surface area contributed by atoms with E-state index in [1.165, 1.54) is 0 Å². The van der Waals surface area contributed by atoms with Crippen molar-refractivity contribution >= 4 is 11.6 Å². The summed E-state index contributed by atoms with van der Waals surface area (Å²) in [6.45, 7) is 1.96. The lowest BCUT2D eigenvalue weighted by molar-refractivity contribution is 0.784. The molecule has 1 aromatic heterocycles. The van der Waals surface area contributed by atoms with Crippen molar-refractivity contribution in [2.75, 3.05) is 0 Å². The number of hydrogen-bond donors (Lipinski definition) is 0. The smallest absolute Gasteiger partial charge is 0.101 e. The minimum absolute atomic E-state index is 0.401. The van der Waals surface area contributed by atoms with E-state index in [2.05, 4.69) is 10.3 Å². The molecule has 1 aromatic carbocycles. The number of aromatic nitrogens is 3. The van der Waals surface area contributed by atoms with Crippen LogP contribution < -0.4 is 0 Å². The van der Waals surface area contributed by atoms with E-state index < -0.39 is 0 Å². The number of halogens is 1. The van der Waals surface area contributed by atoms with E-state index in [-0.39, 0.29) is 0 Å². The molecule has 0 fully saturated rings. The molecule has 0 radical (unpaired) electrons. The van der Waals surface area contributed by atoms with Crippen molar-refractivity contribution < 1.29 is 0 Å². The molecule has 0 N–H and O–H groups in total. The highest BCUT2D eigenvalue weighted by atomic mass is 35.5. The van der Waals surface area contributed by atoms with Gasteiger partial charge in [0.05, 0.1) is 17.3 Å². The molecule has 14 heavy (non-hydrogen) atoms. The molecule has 1 heterocycles. The van der Waals surface area contributed by atoms with Gasteiger partial charge in [-0.25, -0.2) is 4.68 Å². The molecule has 0 saturated heterocycles.